The van der Waals surface area contributed by atoms with Crippen molar-refractivity contribution in [1.29, 1.82) is 0 Å². The number of hydrogen-bond donors (Lipinski definition) is 0. The zero-order valence-corrected chi connectivity index (χ0v) is 10.1. The van der Waals surface area contributed by atoms with E-state index < -0.39 is 11.6 Å². The second-order valence-electron chi connectivity index (χ2n) is 5.44. The molecule has 16 heavy (non-hydrogen) atoms. The summed E-state index contributed by atoms with van der Waals surface area (Å²) in [4.78, 5) is 0. The first-order valence-electron chi connectivity index (χ1n) is 5.69. The third-order valence-corrected chi connectivity index (χ3v) is 3.10. The molecular formula is C11H18O5. The van der Waals surface area contributed by atoms with Gasteiger partial charge in [-0.1, -0.05) is 0 Å². The highest BCUT2D eigenvalue weighted by molar-refractivity contribution is 4.96. The topological polar surface area (TPSA) is 46.2 Å². The summed E-state index contributed by atoms with van der Waals surface area (Å²) in [6, 6.07) is 0. The van der Waals surface area contributed by atoms with Gasteiger partial charge in [0, 0.05) is 0 Å². The maximum atomic E-state index is 5.85. The molecule has 4 atom stereocenters. The zero-order chi connectivity index (χ0) is 11.6. The van der Waals surface area contributed by atoms with Crippen LogP contribution in [0.25, 0.3) is 0 Å². The minimum absolute atomic E-state index is 0.0841. The Morgan fingerprint density at radius 2 is 1.56 bits per heavy atom. The molecule has 0 spiro atoms. The van der Waals surface area contributed by atoms with Crippen molar-refractivity contribution < 1.29 is 23.7 Å². The average molecular weight is 230 g/mol. The fourth-order valence-corrected chi connectivity index (χ4v) is 2.47. The number of hydrogen-bond acceptors (Lipinski definition) is 5. The lowest BCUT2D eigenvalue weighted by molar-refractivity contribution is -0.319. The van der Waals surface area contributed by atoms with Crippen molar-refractivity contribution in [1.82, 2.24) is 0 Å². The van der Waals surface area contributed by atoms with Gasteiger partial charge in [-0.2, -0.15) is 0 Å². The molecule has 3 fully saturated rings. The van der Waals surface area contributed by atoms with Gasteiger partial charge in [-0.3, -0.25) is 0 Å². The van der Waals surface area contributed by atoms with Crippen molar-refractivity contribution in [3.63, 3.8) is 0 Å². The summed E-state index contributed by atoms with van der Waals surface area (Å²) in [7, 11) is 0. The summed E-state index contributed by atoms with van der Waals surface area (Å²) >= 11 is 0. The van der Waals surface area contributed by atoms with Crippen LogP contribution in [0, 0.1) is 0 Å². The van der Waals surface area contributed by atoms with Crippen LogP contribution in [0.15, 0.2) is 0 Å². The highest BCUT2D eigenvalue weighted by atomic mass is 16.9. The van der Waals surface area contributed by atoms with Crippen LogP contribution in [0.5, 0.6) is 0 Å². The summed E-state index contributed by atoms with van der Waals surface area (Å²) in [6.07, 6.45) is -0.666. The molecule has 0 aromatic rings. The molecule has 3 aliphatic rings. The van der Waals surface area contributed by atoms with E-state index in [1.807, 2.05) is 27.7 Å². The van der Waals surface area contributed by atoms with Crippen LogP contribution in [0.3, 0.4) is 0 Å². The number of ether oxygens (including phenoxy) is 5. The lowest BCUT2D eigenvalue weighted by Crippen LogP contribution is -2.50. The van der Waals surface area contributed by atoms with E-state index in [4.69, 9.17) is 23.7 Å². The van der Waals surface area contributed by atoms with Gasteiger partial charge in [0.15, 0.2) is 17.9 Å². The lowest BCUT2D eigenvalue weighted by Gasteiger charge is -2.38. The van der Waals surface area contributed by atoms with Crippen LogP contribution in [-0.4, -0.2) is 42.8 Å². The van der Waals surface area contributed by atoms with Gasteiger partial charge in [0.25, 0.3) is 0 Å². The predicted molar refractivity (Wildman–Crippen MR) is 53.6 cm³/mol. The van der Waals surface area contributed by atoms with Gasteiger partial charge >= 0.3 is 0 Å². The van der Waals surface area contributed by atoms with Crippen molar-refractivity contribution in [2.45, 2.75) is 63.9 Å². The number of fused-ring (bicyclic) bond motifs is 3. The monoisotopic (exact) mass is 230 g/mol. The maximum Gasteiger partial charge on any atom is 0.190 e. The van der Waals surface area contributed by atoms with E-state index in [0.29, 0.717) is 6.61 Å². The molecule has 0 aliphatic carbocycles. The number of rotatable bonds is 0. The molecule has 0 aromatic heterocycles. The average Bonchev–Trinajstić information content (AvgIpc) is 2.57. The zero-order valence-electron chi connectivity index (χ0n) is 10.1. The second-order valence-corrected chi connectivity index (χ2v) is 5.44. The van der Waals surface area contributed by atoms with Crippen molar-refractivity contribution >= 4 is 0 Å². The van der Waals surface area contributed by atoms with Crippen LogP contribution in [0.1, 0.15) is 27.7 Å². The predicted octanol–water partition coefficient (Wildman–Crippen LogP) is 1.01. The molecule has 3 saturated heterocycles. The van der Waals surface area contributed by atoms with Crippen LogP contribution in [-0.2, 0) is 23.7 Å². The van der Waals surface area contributed by atoms with Crippen molar-refractivity contribution in [2.75, 3.05) is 6.61 Å². The Hall–Kier alpha value is -0.200. The molecule has 0 N–H and O–H groups in total. The molecule has 5 nitrogen and oxygen atoms in total. The minimum atomic E-state index is -0.591. The quantitative estimate of drug-likeness (QED) is 0.621. The SMILES string of the molecule is CC1(C)O[C@H]2O[C@H]3COC(C)(C)O[C@H]3[C@@H]2O1. The van der Waals surface area contributed by atoms with Crippen LogP contribution >= 0.6 is 0 Å². The van der Waals surface area contributed by atoms with Gasteiger partial charge in [0.2, 0.25) is 0 Å². The molecule has 3 heterocycles. The van der Waals surface area contributed by atoms with Crippen LogP contribution < -0.4 is 0 Å². The molecule has 0 aromatic carbocycles. The lowest BCUT2D eigenvalue weighted by atomic mass is 10.1. The molecule has 0 radical (unpaired) electrons. The molecule has 5 heteroatoms. The van der Waals surface area contributed by atoms with Crippen molar-refractivity contribution in [3.05, 3.63) is 0 Å². The van der Waals surface area contributed by atoms with E-state index in [1.165, 1.54) is 0 Å². The van der Waals surface area contributed by atoms with Gasteiger partial charge in [-0.05, 0) is 27.7 Å². The molecule has 92 valence electrons. The Kier molecular flexibility index (Phi) is 2.17. The molecular weight excluding hydrogens is 212 g/mol. The Morgan fingerprint density at radius 1 is 0.875 bits per heavy atom. The first-order valence-corrected chi connectivity index (χ1v) is 5.69. The Balaban J connectivity index is 1.78. The van der Waals surface area contributed by atoms with E-state index in [-0.39, 0.29) is 24.6 Å². The van der Waals surface area contributed by atoms with E-state index in [1.54, 1.807) is 0 Å². The fourth-order valence-electron chi connectivity index (χ4n) is 2.47. The van der Waals surface area contributed by atoms with Crippen molar-refractivity contribution in [2.24, 2.45) is 0 Å². The van der Waals surface area contributed by atoms with E-state index in [9.17, 15) is 0 Å². The summed E-state index contributed by atoms with van der Waals surface area (Å²) in [5.41, 5.74) is 0. The van der Waals surface area contributed by atoms with Crippen molar-refractivity contribution in [3.8, 4) is 0 Å². The summed E-state index contributed by atoms with van der Waals surface area (Å²) < 4.78 is 28.6. The van der Waals surface area contributed by atoms with E-state index >= 15 is 0 Å². The molecule has 0 amide bonds. The van der Waals surface area contributed by atoms with Gasteiger partial charge in [0.05, 0.1) is 6.61 Å². The Morgan fingerprint density at radius 3 is 2.31 bits per heavy atom. The minimum Gasteiger partial charge on any atom is -0.348 e. The first kappa shape index (κ1) is 10.9. The van der Waals surface area contributed by atoms with E-state index in [0.717, 1.165) is 0 Å². The molecule has 0 saturated carbocycles. The molecule has 3 aliphatic heterocycles. The highest BCUT2D eigenvalue weighted by Gasteiger charge is 2.58. The summed E-state index contributed by atoms with van der Waals surface area (Å²) in [5, 5.41) is 0. The van der Waals surface area contributed by atoms with Gasteiger partial charge in [-0.15, -0.1) is 0 Å². The third-order valence-electron chi connectivity index (χ3n) is 3.10. The molecule has 0 bridgehead atoms. The van der Waals surface area contributed by atoms with Gasteiger partial charge in [0.1, 0.15) is 18.3 Å². The Bertz CT molecular complexity index is 301. The van der Waals surface area contributed by atoms with Crippen LogP contribution in [0.2, 0.25) is 0 Å². The maximum absolute atomic E-state index is 5.85. The fraction of sp³-hybridized carbons (Fsp3) is 1.00. The first-order chi connectivity index (χ1) is 7.36. The van der Waals surface area contributed by atoms with Gasteiger partial charge < -0.3 is 23.7 Å². The normalized spacial score (nSPS) is 48.8. The highest BCUT2D eigenvalue weighted by Crippen LogP contribution is 2.42. The summed E-state index contributed by atoms with van der Waals surface area (Å²) in [5.74, 6) is -1.17. The Labute approximate surface area is 94.9 Å². The molecule has 0 unspecified atom stereocenters. The summed E-state index contributed by atoms with van der Waals surface area (Å²) in [6.45, 7) is 8.09. The smallest absolute Gasteiger partial charge is 0.190 e. The van der Waals surface area contributed by atoms with Gasteiger partial charge in [-0.25, -0.2) is 0 Å². The third kappa shape index (κ3) is 1.67. The molecule has 3 rings (SSSR count). The standard InChI is InChI=1S/C11H18O5/c1-10(2)12-5-6-7(14-10)8-9(13-6)16-11(3,4)15-8/h6-9H,5H2,1-4H3/t6-,7+,8-,9+/m0/s1. The second kappa shape index (κ2) is 3.17. The largest absolute Gasteiger partial charge is 0.348 e. The van der Waals surface area contributed by atoms with E-state index in [2.05, 4.69) is 0 Å². The van der Waals surface area contributed by atoms with Crippen LogP contribution in [0.4, 0.5) is 0 Å².